The Kier molecular flexibility index (Phi) is 6.35. The second kappa shape index (κ2) is 10.5. The number of imidazole rings is 2. The summed E-state index contributed by atoms with van der Waals surface area (Å²) in [5.41, 5.74) is 9.72. The lowest BCUT2D eigenvalue weighted by Gasteiger charge is -2.12. The van der Waals surface area contributed by atoms with Gasteiger partial charge in [-0.2, -0.15) is 5.21 Å². The van der Waals surface area contributed by atoms with Gasteiger partial charge in [-0.15, -0.1) is 10.2 Å². The van der Waals surface area contributed by atoms with Gasteiger partial charge in [-0.3, -0.25) is 0 Å². The monoisotopic (exact) mass is 538 g/mol. The molecule has 0 aliphatic rings. The van der Waals surface area contributed by atoms with Crippen molar-refractivity contribution in [1.82, 2.24) is 39.7 Å². The molecule has 8 heteroatoms. The minimum atomic E-state index is 0.589. The number of H-pyrrole nitrogens is 1. The first kappa shape index (κ1) is 24.9. The molecule has 0 bridgehead atoms. The fraction of sp³-hybridized carbons (Fsp3) is 0.182. The van der Waals surface area contributed by atoms with Crippen molar-refractivity contribution in [3.8, 4) is 33.9 Å². The van der Waals surface area contributed by atoms with Gasteiger partial charge in [-0.25, -0.2) is 9.97 Å². The number of benzene rings is 4. The van der Waals surface area contributed by atoms with Crippen LogP contribution in [0.5, 0.6) is 0 Å². The van der Waals surface area contributed by atoms with Gasteiger partial charge in [-0.05, 0) is 58.7 Å². The Morgan fingerprint density at radius 3 is 2.29 bits per heavy atom. The first-order chi connectivity index (χ1) is 20.2. The average Bonchev–Trinajstić information content (AvgIpc) is 3.75. The maximum Gasteiger partial charge on any atom is 0.205 e. The summed E-state index contributed by atoms with van der Waals surface area (Å²) < 4.78 is 4.54. The maximum absolute atomic E-state index is 5.06. The molecule has 8 nitrogen and oxygen atoms in total. The molecule has 0 aliphatic heterocycles. The number of tetrazole rings is 1. The Bertz CT molecular complexity index is 1960. The Morgan fingerprint density at radius 2 is 1.51 bits per heavy atom. The number of aryl methyl sites for hydroxylation is 2. The molecular formula is C33H30N8. The van der Waals surface area contributed by atoms with Gasteiger partial charge in [0.25, 0.3) is 0 Å². The number of nitrogens with zero attached hydrogens (tertiary/aromatic N) is 7. The van der Waals surface area contributed by atoms with E-state index in [1.165, 1.54) is 5.56 Å². The van der Waals surface area contributed by atoms with Crippen LogP contribution in [0, 0.1) is 0 Å². The summed E-state index contributed by atoms with van der Waals surface area (Å²) in [4.78, 5) is 10.0. The molecule has 0 radical (unpaired) electrons. The van der Waals surface area contributed by atoms with Gasteiger partial charge >= 0.3 is 0 Å². The molecule has 202 valence electrons. The third-order valence-electron chi connectivity index (χ3n) is 7.75. The molecule has 3 aromatic heterocycles. The molecule has 41 heavy (non-hydrogen) atoms. The van der Waals surface area contributed by atoms with Gasteiger partial charge < -0.3 is 9.13 Å². The number of aromatic nitrogens is 8. The molecule has 7 rings (SSSR count). The molecule has 0 saturated carbocycles. The number of aromatic amines is 1. The molecular weight excluding hydrogens is 508 g/mol. The molecule has 0 atom stereocenters. The number of hydrogen-bond donors (Lipinski definition) is 1. The number of fused-ring (bicyclic) bond motifs is 2. The first-order valence-electron chi connectivity index (χ1n) is 14.0. The molecule has 0 unspecified atom stereocenters. The van der Waals surface area contributed by atoms with Crippen LogP contribution >= 0.6 is 0 Å². The van der Waals surface area contributed by atoms with E-state index in [0.29, 0.717) is 5.82 Å². The van der Waals surface area contributed by atoms with Crippen LogP contribution in [0.3, 0.4) is 0 Å². The average molecular weight is 539 g/mol. The molecule has 0 fully saturated rings. The topological polar surface area (TPSA) is 90.1 Å². The normalized spacial score (nSPS) is 11.6. The number of unbranched alkanes of at least 4 members (excludes halogenated alkanes) is 1. The van der Waals surface area contributed by atoms with E-state index in [0.717, 1.165) is 81.8 Å². The van der Waals surface area contributed by atoms with Crippen LogP contribution in [0.15, 0.2) is 91.0 Å². The van der Waals surface area contributed by atoms with Crippen molar-refractivity contribution in [3.05, 3.63) is 102 Å². The SMILES string of the molecule is CCCCc1nc2ccc(-c3nc4ccccc4n3C)cc2n1Cc1ccc(-c2ccccc2-c2nn[nH]n2)cc1. The lowest BCUT2D eigenvalue weighted by Crippen LogP contribution is -2.05. The van der Waals surface area contributed by atoms with E-state index >= 15 is 0 Å². The van der Waals surface area contributed by atoms with Crippen molar-refractivity contribution >= 4 is 22.1 Å². The molecule has 3 heterocycles. The summed E-state index contributed by atoms with van der Waals surface area (Å²) in [6, 6.07) is 31.7. The number of hydrogen-bond acceptors (Lipinski definition) is 5. The lowest BCUT2D eigenvalue weighted by molar-refractivity contribution is 0.690. The molecule has 0 spiro atoms. The second-order valence-corrected chi connectivity index (χ2v) is 10.4. The van der Waals surface area contributed by atoms with Crippen molar-refractivity contribution in [2.45, 2.75) is 32.7 Å². The van der Waals surface area contributed by atoms with Crippen LogP contribution in [0.4, 0.5) is 0 Å². The lowest BCUT2D eigenvalue weighted by atomic mass is 9.98. The van der Waals surface area contributed by atoms with E-state index < -0.39 is 0 Å². The summed E-state index contributed by atoms with van der Waals surface area (Å²) in [5, 5.41) is 14.7. The van der Waals surface area contributed by atoms with Gasteiger partial charge in [0.2, 0.25) is 5.82 Å². The van der Waals surface area contributed by atoms with Crippen molar-refractivity contribution < 1.29 is 0 Å². The Hall–Kier alpha value is -5.11. The van der Waals surface area contributed by atoms with Gasteiger partial charge in [0.05, 0.1) is 22.1 Å². The Morgan fingerprint density at radius 1 is 0.756 bits per heavy atom. The summed E-state index contributed by atoms with van der Waals surface area (Å²) in [5.74, 6) is 2.67. The number of para-hydroxylation sites is 2. The zero-order valence-corrected chi connectivity index (χ0v) is 23.1. The molecule has 7 aromatic rings. The predicted molar refractivity (Wildman–Crippen MR) is 162 cm³/mol. The highest BCUT2D eigenvalue weighted by Crippen LogP contribution is 2.31. The van der Waals surface area contributed by atoms with E-state index in [-0.39, 0.29) is 0 Å². The van der Waals surface area contributed by atoms with Crippen molar-refractivity contribution in [2.24, 2.45) is 7.05 Å². The largest absolute Gasteiger partial charge is 0.327 e. The highest BCUT2D eigenvalue weighted by molar-refractivity contribution is 5.85. The Balaban J connectivity index is 1.26. The highest BCUT2D eigenvalue weighted by Gasteiger charge is 2.16. The van der Waals surface area contributed by atoms with Gasteiger partial charge in [-0.1, -0.05) is 74.0 Å². The van der Waals surface area contributed by atoms with Crippen molar-refractivity contribution in [2.75, 3.05) is 0 Å². The van der Waals surface area contributed by atoms with E-state index in [1.54, 1.807) is 0 Å². The highest BCUT2D eigenvalue weighted by atomic mass is 15.5. The fourth-order valence-corrected chi connectivity index (χ4v) is 5.60. The number of nitrogens with one attached hydrogen (secondary N) is 1. The van der Waals surface area contributed by atoms with Crippen LogP contribution < -0.4 is 0 Å². The van der Waals surface area contributed by atoms with Crippen LogP contribution in [-0.4, -0.2) is 39.7 Å². The Labute approximate surface area is 237 Å². The van der Waals surface area contributed by atoms with E-state index in [4.69, 9.17) is 9.97 Å². The molecule has 0 amide bonds. The first-order valence-corrected chi connectivity index (χ1v) is 14.0. The van der Waals surface area contributed by atoms with Crippen LogP contribution in [0.25, 0.3) is 56.0 Å². The van der Waals surface area contributed by atoms with Crippen molar-refractivity contribution in [1.29, 1.82) is 0 Å². The summed E-state index contributed by atoms with van der Waals surface area (Å²) >= 11 is 0. The fourth-order valence-electron chi connectivity index (χ4n) is 5.60. The van der Waals surface area contributed by atoms with Crippen molar-refractivity contribution in [3.63, 3.8) is 0 Å². The van der Waals surface area contributed by atoms with E-state index in [9.17, 15) is 0 Å². The third kappa shape index (κ3) is 4.57. The predicted octanol–water partition coefficient (Wildman–Crippen LogP) is 6.83. The molecule has 0 aliphatic carbocycles. The standard InChI is InChI=1S/C33H30N8/c1-3-4-13-31-34-28-19-18-24(33-35-27-11-7-8-12-29(27)40(33)2)20-30(28)41(31)21-22-14-16-23(17-15-22)25-9-5-6-10-26(25)32-36-38-39-37-32/h5-12,14-20H,3-4,13,21H2,1-2H3,(H,36,37,38,39). The summed E-state index contributed by atoms with van der Waals surface area (Å²) in [6.45, 7) is 2.97. The minimum Gasteiger partial charge on any atom is -0.327 e. The van der Waals surface area contributed by atoms with Crippen LogP contribution in [0.1, 0.15) is 31.2 Å². The van der Waals surface area contributed by atoms with Gasteiger partial charge in [0.1, 0.15) is 11.6 Å². The van der Waals surface area contributed by atoms with Gasteiger partial charge in [0.15, 0.2) is 0 Å². The molecule has 1 N–H and O–H groups in total. The van der Waals surface area contributed by atoms with Gasteiger partial charge in [0, 0.05) is 31.1 Å². The maximum atomic E-state index is 5.06. The minimum absolute atomic E-state index is 0.589. The molecule has 0 saturated heterocycles. The number of rotatable bonds is 8. The quantitative estimate of drug-likeness (QED) is 0.229. The summed E-state index contributed by atoms with van der Waals surface area (Å²) in [7, 11) is 2.08. The second-order valence-electron chi connectivity index (χ2n) is 10.4. The molecule has 4 aromatic carbocycles. The van der Waals surface area contributed by atoms with Crippen LogP contribution in [0.2, 0.25) is 0 Å². The van der Waals surface area contributed by atoms with E-state index in [1.807, 2.05) is 24.3 Å². The third-order valence-corrected chi connectivity index (χ3v) is 7.75. The zero-order chi connectivity index (χ0) is 27.8. The smallest absolute Gasteiger partial charge is 0.205 e. The zero-order valence-electron chi connectivity index (χ0n) is 23.1. The van der Waals surface area contributed by atoms with Crippen LogP contribution in [-0.2, 0) is 20.0 Å². The summed E-state index contributed by atoms with van der Waals surface area (Å²) in [6.07, 6.45) is 3.18. The van der Waals surface area contributed by atoms with E-state index in [2.05, 4.69) is 110 Å².